The highest BCUT2D eigenvalue weighted by Gasteiger charge is 2.05. The first-order valence-corrected chi connectivity index (χ1v) is 6.78. The van der Waals surface area contributed by atoms with Crippen LogP contribution in [0.25, 0.3) is 0 Å². The molecule has 0 bridgehead atoms. The standard InChI is InChI=1S/C17H21NO2/c1-18(12-13-20-16-9-4-3-5-10-16)14-15-8-6-7-11-17(15)19-2/h3-11H,12-14H2,1-2H3. The van der Waals surface area contributed by atoms with Crippen LogP contribution in [0.4, 0.5) is 0 Å². The van der Waals surface area contributed by atoms with Crippen LogP contribution in [-0.2, 0) is 6.54 Å². The molecule has 0 saturated heterocycles. The average Bonchev–Trinajstić information content (AvgIpc) is 2.49. The normalized spacial score (nSPS) is 10.6. The molecule has 2 aromatic rings. The van der Waals surface area contributed by atoms with Gasteiger partial charge in [0.2, 0.25) is 0 Å². The smallest absolute Gasteiger partial charge is 0.123 e. The second-order valence-electron chi connectivity index (χ2n) is 4.71. The summed E-state index contributed by atoms with van der Waals surface area (Å²) in [5, 5.41) is 0. The Kier molecular flexibility index (Phi) is 5.44. The fourth-order valence-corrected chi connectivity index (χ4v) is 2.04. The van der Waals surface area contributed by atoms with E-state index < -0.39 is 0 Å². The summed E-state index contributed by atoms with van der Waals surface area (Å²) >= 11 is 0. The molecule has 3 heteroatoms. The quantitative estimate of drug-likeness (QED) is 0.772. The summed E-state index contributed by atoms with van der Waals surface area (Å²) in [6.45, 7) is 2.39. The lowest BCUT2D eigenvalue weighted by atomic mass is 10.2. The minimum absolute atomic E-state index is 0.676. The van der Waals surface area contributed by atoms with Gasteiger partial charge in [-0.15, -0.1) is 0 Å². The molecule has 0 amide bonds. The van der Waals surface area contributed by atoms with E-state index in [9.17, 15) is 0 Å². The molecular weight excluding hydrogens is 250 g/mol. The maximum Gasteiger partial charge on any atom is 0.123 e. The summed E-state index contributed by atoms with van der Waals surface area (Å²) < 4.78 is 11.1. The molecule has 0 spiro atoms. The van der Waals surface area contributed by atoms with Gasteiger partial charge in [-0.1, -0.05) is 36.4 Å². The molecule has 2 rings (SSSR count). The lowest BCUT2D eigenvalue weighted by molar-refractivity contribution is 0.231. The molecule has 0 fully saturated rings. The van der Waals surface area contributed by atoms with E-state index in [1.54, 1.807) is 7.11 Å². The third-order valence-corrected chi connectivity index (χ3v) is 3.12. The molecule has 20 heavy (non-hydrogen) atoms. The van der Waals surface area contributed by atoms with Crippen LogP contribution in [0.5, 0.6) is 11.5 Å². The Bertz CT molecular complexity index is 513. The van der Waals surface area contributed by atoms with E-state index in [0.717, 1.165) is 24.6 Å². The van der Waals surface area contributed by atoms with E-state index in [4.69, 9.17) is 9.47 Å². The van der Waals surface area contributed by atoms with Crippen LogP contribution in [0, 0.1) is 0 Å². The topological polar surface area (TPSA) is 21.7 Å². The molecule has 0 N–H and O–H groups in total. The second kappa shape index (κ2) is 7.56. The van der Waals surface area contributed by atoms with Gasteiger partial charge >= 0.3 is 0 Å². The predicted octanol–water partition coefficient (Wildman–Crippen LogP) is 3.21. The summed E-state index contributed by atoms with van der Waals surface area (Å²) in [6.07, 6.45) is 0. The first kappa shape index (κ1) is 14.4. The number of ether oxygens (including phenoxy) is 2. The van der Waals surface area contributed by atoms with Gasteiger partial charge in [0.15, 0.2) is 0 Å². The number of likely N-dealkylation sites (N-methyl/N-ethyl adjacent to an activating group) is 1. The molecule has 0 saturated carbocycles. The van der Waals surface area contributed by atoms with Gasteiger partial charge in [0.1, 0.15) is 18.1 Å². The second-order valence-corrected chi connectivity index (χ2v) is 4.71. The number of para-hydroxylation sites is 2. The monoisotopic (exact) mass is 271 g/mol. The Morgan fingerprint density at radius 1 is 0.950 bits per heavy atom. The zero-order valence-corrected chi connectivity index (χ0v) is 12.1. The van der Waals surface area contributed by atoms with Crippen LogP contribution in [0.15, 0.2) is 54.6 Å². The Morgan fingerprint density at radius 3 is 2.40 bits per heavy atom. The van der Waals surface area contributed by atoms with Gasteiger partial charge in [-0.3, -0.25) is 4.90 Å². The van der Waals surface area contributed by atoms with Crippen LogP contribution >= 0.6 is 0 Å². The van der Waals surface area contributed by atoms with Gasteiger partial charge in [-0.25, -0.2) is 0 Å². The molecule has 0 aliphatic heterocycles. The fraction of sp³-hybridized carbons (Fsp3) is 0.294. The molecule has 0 unspecified atom stereocenters. The van der Waals surface area contributed by atoms with E-state index in [1.165, 1.54) is 5.56 Å². The molecular formula is C17H21NO2. The lowest BCUT2D eigenvalue weighted by Gasteiger charge is -2.18. The third-order valence-electron chi connectivity index (χ3n) is 3.12. The SMILES string of the molecule is COc1ccccc1CN(C)CCOc1ccccc1. The summed E-state index contributed by atoms with van der Waals surface area (Å²) in [5.74, 6) is 1.85. The van der Waals surface area contributed by atoms with E-state index in [0.29, 0.717) is 6.61 Å². The maximum absolute atomic E-state index is 5.70. The van der Waals surface area contributed by atoms with Gasteiger partial charge in [0.05, 0.1) is 7.11 Å². The number of benzene rings is 2. The summed E-state index contributed by atoms with van der Waals surface area (Å²) in [5.41, 5.74) is 1.19. The Labute approximate surface area is 120 Å². The van der Waals surface area contributed by atoms with Crippen molar-refractivity contribution in [3.05, 3.63) is 60.2 Å². The van der Waals surface area contributed by atoms with E-state index in [-0.39, 0.29) is 0 Å². The first-order chi connectivity index (χ1) is 9.79. The van der Waals surface area contributed by atoms with Crippen molar-refractivity contribution in [3.63, 3.8) is 0 Å². The zero-order valence-electron chi connectivity index (χ0n) is 12.1. The summed E-state index contributed by atoms with van der Waals surface area (Å²) in [6, 6.07) is 18.0. The number of methoxy groups -OCH3 is 1. The molecule has 0 radical (unpaired) electrons. The Balaban J connectivity index is 1.79. The van der Waals surface area contributed by atoms with Crippen LogP contribution in [-0.4, -0.2) is 32.2 Å². The molecule has 0 aliphatic carbocycles. The first-order valence-electron chi connectivity index (χ1n) is 6.78. The summed E-state index contributed by atoms with van der Waals surface area (Å²) in [4.78, 5) is 2.22. The number of hydrogen-bond donors (Lipinski definition) is 0. The Morgan fingerprint density at radius 2 is 1.65 bits per heavy atom. The number of nitrogens with zero attached hydrogens (tertiary/aromatic N) is 1. The van der Waals surface area contributed by atoms with Crippen molar-refractivity contribution in [2.45, 2.75) is 6.54 Å². The van der Waals surface area contributed by atoms with Crippen molar-refractivity contribution in [2.24, 2.45) is 0 Å². The zero-order chi connectivity index (χ0) is 14.2. The predicted molar refractivity (Wildman–Crippen MR) is 81.3 cm³/mol. The minimum atomic E-state index is 0.676. The molecule has 2 aromatic carbocycles. The van der Waals surface area contributed by atoms with Crippen molar-refractivity contribution in [1.82, 2.24) is 4.90 Å². The van der Waals surface area contributed by atoms with Crippen LogP contribution in [0.1, 0.15) is 5.56 Å². The fourth-order valence-electron chi connectivity index (χ4n) is 2.04. The lowest BCUT2D eigenvalue weighted by Crippen LogP contribution is -2.24. The highest BCUT2D eigenvalue weighted by Crippen LogP contribution is 2.18. The van der Waals surface area contributed by atoms with Crippen molar-refractivity contribution in [3.8, 4) is 11.5 Å². The van der Waals surface area contributed by atoms with Gasteiger partial charge in [0.25, 0.3) is 0 Å². The molecule has 106 valence electrons. The highest BCUT2D eigenvalue weighted by molar-refractivity contribution is 5.33. The molecule has 0 atom stereocenters. The van der Waals surface area contributed by atoms with Gasteiger partial charge < -0.3 is 9.47 Å². The van der Waals surface area contributed by atoms with E-state index in [1.807, 2.05) is 48.5 Å². The minimum Gasteiger partial charge on any atom is -0.496 e. The van der Waals surface area contributed by atoms with E-state index >= 15 is 0 Å². The molecule has 3 nitrogen and oxygen atoms in total. The molecule has 0 aliphatic rings. The maximum atomic E-state index is 5.70. The molecule has 0 heterocycles. The average molecular weight is 271 g/mol. The largest absolute Gasteiger partial charge is 0.496 e. The molecule has 0 aromatic heterocycles. The van der Waals surface area contributed by atoms with Gasteiger partial charge in [0, 0.05) is 18.7 Å². The van der Waals surface area contributed by atoms with Gasteiger partial charge in [-0.05, 0) is 25.2 Å². The third kappa shape index (κ3) is 4.28. The van der Waals surface area contributed by atoms with Crippen LogP contribution in [0.3, 0.4) is 0 Å². The highest BCUT2D eigenvalue weighted by atomic mass is 16.5. The number of hydrogen-bond acceptors (Lipinski definition) is 3. The van der Waals surface area contributed by atoms with Crippen LogP contribution in [0.2, 0.25) is 0 Å². The van der Waals surface area contributed by atoms with Crippen molar-refractivity contribution in [2.75, 3.05) is 27.3 Å². The van der Waals surface area contributed by atoms with Gasteiger partial charge in [-0.2, -0.15) is 0 Å². The Hall–Kier alpha value is -2.00. The van der Waals surface area contributed by atoms with Crippen molar-refractivity contribution < 1.29 is 9.47 Å². The van der Waals surface area contributed by atoms with Crippen molar-refractivity contribution >= 4 is 0 Å². The summed E-state index contributed by atoms with van der Waals surface area (Å²) in [7, 11) is 3.79. The number of rotatable bonds is 7. The van der Waals surface area contributed by atoms with E-state index in [2.05, 4.69) is 18.0 Å². The van der Waals surface area contributed by atoms with Crippen LogP contribution < -0.4 is 9.47 Å². The van der Waals surface area contributed by atoms with Crippen molar-refractivity contribution in [1.29, 1.82) is 0 Å².